The van der Waals surface area contributed by atoms with Gasteiger partial charge in [-0.1, -0.05) is 60.7 Å². The van der Waals surface area contributed by atoms with Gasteiger partial charge in [-0.25, -0.2) is 21.8 Å². The average molecular weight is 685 g/mol. The molecule has 2 aliphatic heterocycles. The number of carbonyl (C=O) groups is 2. The smallest absolute Gasteiger partial charge is 0.748 e. The molecule has 0 radical (unpaired) electrons. The van der Waals surface area contributed by atoms with Crippen molar-refractivity contribution in [2.75, 3.05) is 19.1 Å². The summed E-state index contributed by atoms with van der Waals surface area (Å²) < 4.78 is 49.2. The van der Waals surface area contributed by atoms with Crippen molar-refractivity contribution in [3.8, 4) is 17.1 Å². The molecule has 2 aliphatic rings. The van der Waals surface area contributed by atoms with Crippen LogP contribution in [0.5, 0.6) is 5.88 Å². The number of nitrogens with zero attached hydrogens (tertiary/aromatic N) is 2. The quantitative estimate of drug-likeness (QED) is 0.207. The fourth-order valence-electron chi connectivity index (χ4n) is 3.45. The maximum absolute atomic E-state index is 12.3. The fourth-order valence-corrected chi connectivity index (χ4v) is 4.41. The number of carboxylic acids is 1. The summed E-state index contributed by atoms with van der Waals surface area (Å²) in [6, 6.07) is 17.9. The minimum absolute atomic E-state index is 0. The number of rotatable bonds is 4. The molecular weight excluding hydrogens is 664 g/mol. The molecule has 5 rings (SSSR count). The van der Waals surface area contributed by atoms with Crippen LogP contribution in [0.15, 0.2) is 65.7 Å². The van der Waals surface area contributed by atoms with E-state index in [4.69, 9.17) is 13.0 Å². The Balaban J connectivity index is 0.000000265. The summed E-state index contributed by atoms with van der Waals surface area (Å²) in [7, 11) is -7.23. The number of carbonyl (C=O) groups excluding carboxylic acids is 2. The van der Waals surface area contributed by atoms with Crippen LogP contribution in [0, 0.1) is 0 Å². The van der Waals surface area contributed by atoms with Gasteiger partial charge in [-0.3, -0.25) is 4.79 Å². The van der Waals surface area contributed by atoms with Gasteiger partial charge in [0.25, 0.3) is 5.91 Å². The Morgan fingerprint density at radius 2 is 1.45 bits per heavy atom. The maximum Gasteiger partial charge on any atom is 2.00 e. The third-order valence-electron chi connectivity index (χ3n) is 5.02. The summed E-state index contributed by atoms with van der Waals surface area (Å²) in [6.07, 6.45) is 1.57. The topological polar surface area (TPSA) is 200 Å². The zero-order chi connectivity index (χ0) is 27.5. The molecule has 0 aliphatic carbocycles. The van der Waals surface area contributed by atoms with Crippen LogP contribution in [0.2, 0.25) is 0 Å². The first kappa shape index (κ1) is 31.9. The van der Waals surface area contributed by atoms with Gasteiger partial charge in [0, 0.05) is 18.4 Å². The summed E-state index contributed by atoms with van der Waals surface area (Å²) >= 11 is 0. The van der Waals surface area contributed by atoms with Crippen molar-refractivity contribution in [3.05, 3.63) is 77.4 Å². The number of amides is 1. The fraction of sp³-hybridized carbons (Fsp3) is 0.174. The maximum atomic E-state index is 12.3. The Morgan fingerprint density at radius 1 is 0.974 bits per heavy atom. The summed E-state index contributed by atoms with van der Waals surface area (Å²) in [5.41, 5.74) is 3.68. The molecular formula is C23H21BaN3O9S2. The van der Waals surface area contributed by atoms with Crippen molar-refractivity contribution in [2.24, 2.45) is 4.99 Å². The molecule has 1 fully saturated rings. The third kappa shape index (κ3) is 8.36. The van der Waals surface area contributed by atoms with Crippen molar-refractivity contribution in [2.45, 2.75) is 6.04 Å². The van der Waals surface area contributed by atoms with E-state index in [-0.39, 0.29) is 67.2 Å². The van der Waals surface area contributed by atoms with Crippen LogP contribution >= 0.6 is 0 Å². The molecule has 2 unspecified atom stereocenters. The van der Waals surface area contributed by atoms with Gasteiger partial charge in [0.05, 0.1) is 50.9 Å². The van der Waals surface area contributed by atoms with Gasteiger partial charge in [0.2, 0.25) is 10.0 Å². The van der Waals surface area contributed by atoms with Gasteiger partial charge < -0.3 is 24.5 Å². The predicted octanol–water partition coefficient (Wildman–Crippen LogP) is -0.461. The van der Waals surface area contributed by atoms with Gasteiger partial charge in [0.15, 0.2) is 5.88 Å². The second-order valence-corrected chi connectivity index (χ2v) is 11.3. The Labute approximate surface area is 259 Å². The van der Waals surface area contributed by atoms with Crippen LogP contribution in [-0.4, -0.2) is 127 Å². The Hall–Kier alpha value is -2.28. The number of H-pyrrole nitrogens is 1. The number of carboxylic acid groups (broad SMARTS) is 1. The molecule has 2 N–H and O–H groups in total. The first-order valence-corrected chi connectivity index (χ1v) is 14.1. The predicted molar refractivity (Wildman–Crippen MR) is 136 cm³/mol. The molecule has 1 saturated heterocycles. The summed E-state index contributed by atoms with van der Waals surface area (Å²) in [4.78, 5) is 29.4. The molecule has 2 aromatic carbocycles. The van der Waals surface area contributed by atoms with Crippen molar-refractivity contribution >= 4 is 86.6 Å². The Morgan fingerprint density at radius 3 is 1.84 bits per heavy atom. The molecule has 0 bridgehead atoms. The van der Waals surface area contributed by atoms with E-state index in [1.165, 1.54) is 0 Å². The molecule has 12 nitrogen and oxygen atoms in total. The first-order valence-electron chi connectivity index (χ1n) is 10.5. The van der Waals surface area contributed by atoms with Crippen molar-refractivity contribution in [3.63, 3.8) is 0 Å². The number of aliphatic imine (C=N–C) groups is 1. The number of benzene rings is 2. The zero-order valence-corrected chi connectivity index (χ0v) is 26.3. The largest absolute Gasteiger partial charge is 2.00 e. The number of aliphatic carboxylic acids is 1. The molecule has 0 spiro atoms. The van der Waals surface area contributed by atoms with Crippen LogP contribution in [0.3, 0.4) is 0 Å². The molecule has 0 saturated carbocycles. The van der Waals surface area contributed by atoms with E-state index >= 15 is 0 Å². The van der Waals surface area contributed by atoms with Crippen LogP contribution < -0.4 is 5.11 Å². The van der Waals surface area contributed by atoms with Crippen molar-refractivity contribution in [1.29, 1.82) is 0 Å². The summed E-state index contributed by atoms with van der Waals surface area (Å²) in [6.45, 7) is 0.0567. The van der Waals surface area contributed by atoms with E-state index < -0.39 is 32.2 Å². The van der Waals surface area contributed by atoms with E-state index in [2.05, 4.69) is 9.98 Å². The third-order valence-corrected chi connectivity index (χ3v) is 6.27. The van der Waals surface area contributed by atoms with E-state index in [0.29, 0.717) is 28.8 Å². The van der Waals surface area contributed by atoms with Crippen LogP contribution in [0.4, 0.5) is 0 Å². The van der Waals surface area contributed by atoms with Crippen LogP contribution in [0.1, 0.15) is 21.5 Å². The minimum Gasteiger partial charge on any atom is -0.748 e. The van der Waals surface area contributed by atoms with Gasteiger partial charge in [-0.05, 0) is 5.56 Å². The first-order chi connectivity index (χ1) is 17.2. The number of hydrogen-bond acceptors (Lipinski definition) is 9. The minimum atomic E-state index is -3.92. The van der Waals surface area contributed by atoms with E-state index in [0.717, 1.165) is 21.7 Å². The number of aromatic nitrogens is 1. The molecule has 15 heteroatoms. The van der Waals surface area contributed by atoms with Gasteiger partial charge in [-0.2, -0.15) is 4.31 Å². The second-order valence-electron chi connectivity index (χ2n) is 7.97. The number of fused-ring (bicyclic) bond motifs is 1. The monoisotopic (exact) mass is 685 g/mol. The SMILES string of the molecule is CS(=O)(=O)N1CC1C(=O)[O-].CS(=O)(=O)[O-].O=C1N=C(c2ccccc2)c2c(O)[nH]c(-c3ccccc3)c21.[Ba+2]. The summed E-state index contributed by atoms with van der Waals surface area (Å²) in [5, 5.41) is 20.3. The molecule has 1 aromatic heterocycles. The van der Waals surface area contributed by atoms with E-state index in [1.807, 2.05) is 60.7 Å². The molecule has 1 amide bonds. The molecule has 38 heavy (non-hydrogen) atoms. The van der Waals surface area contributed by atoms with Gasteiger partial charge in [0.1, 0.15) is 0 Å². The molecule has 3 heterocycles. The molecule has 2 atom stereocenters. The number of sulfonamides is 1. The molecule has 3 aromatic rings. The standard InChI is InChI=1S/C18H12N2O2.C4H7NO4S.CH4O3S.Ba/c21-17-13-14(16(20-17)12-9-5-2-6-10-12)18(22)19-15(13)11-7-3-1-4-8-11;1-10(8,9)5-2-3(5)4(6)7;1-5(2,3)4;/h1-10,19,22H;3H,2H2,1H3,(H,6,7);1H3,(H,2,3,4);/q;;;+2/p-2. The number of aromatic amines is 1. The average Bonchev–Trinajstić information content (AvgIpc) is 3.48. The van der Waals surface area contributed by atoms with Gasteiger partial charge in [-0.15, -0.1) is 0 Å². The molecule has 196 valence electrons. The Bertz CT molecular complexity index is 1560. The normalized spacial score (nSPS) is 17.4. The van der Waals surface area contributed by atoms with Crippen LogP contribution in [-0.2, 0) is 24.9 Å². The van der Waals surface area contributed by atoms with Crippen molar-refractivity contribution in [1.82, 2.24) is 9.29 Å². The van der Waals surface area contributed by atoms with Crippen LogP contribution in [0.25, 0.3) is 11.3 Å². The van der Waals surface area contributed by atoms with E-state index in [1.54, 1.807) is 0 Å². The van der Waals surface area contributed by atoms with Gasteiger partial charge >= 0.3 is 48.9 Å². The zero-order valence-electron chi connectivity index (χ0n) is 20.2. The second kappa shape index (κ2) is 12.7. The number of aromatic hydroxyl groups is 1. The van der Waals surface area contributed by atoms with E-state index in [9.17, 15) is 28.2 Å². The van der Waals surface area contributed by atoms with Crippen molar-refractivity contribution < 1.29 is 41.2 Å². The Kier molecular flexibility index (Phi) is 10.7. The summed E-state index contributed by atoms with van der Waals surface area (Å²) in [5.74, 6) is -1.68. The number of hydrogen-bond donors (Lipinski definition) is 2. The number of nitrogens with one attached hydrogen (secondary N) is 1.